The highest BCUT2D eigenvalue weighted by atomic mass is 16.5. The van der Waals surface area contributed by atoms with Crippen LogP contribution < -0.4 is 5.32 Å². The van der Waals surface area contributed by atoms with Gasteiger partial charge in [-0.15, -0.1) is 0 Å². The lowest BCUT2D eigenvalue weighted by Gasteiger charge is -2.16. The van der Waals surface area contributed by atoms with Crippen LogP contribution in [-0.4, -0.2) is 6.04 Å². The van der Waals surface area contributed by atoms with E-state index in [1.54, 1.807) is 6.26 Å². The molecule has 0 amide bonds. The number of allylic oxidation sites excluding steroid dienone is 2. The summed E-state index contributed by atoms with van der Waals surface area (Å²) in [7, 11) is 0. The maximum Gasteiger partial charge on any atom is 0.237 e. The first-order valence-electron chi connectivity index (χ1n) is 3.42. The number of ether oxygens (including phenoxy) is 1. The van der Waals surface area contributed by atoms with E-state index in [0.29, 0.717) is 6.04 Å². The summed E-state index contributed by atoms with van der Waals surface area (Å²) in [5.74, 6) is 0. The Hall–Kier alpha value is -0.760. The molecule has 2 nitrogen and oxygen atoms in total. The van der Waals surface area contributed by atoms with Gasteiger partial charge in [0.1, 0.15) is 0 Å². The van der Waals surface area contributed by atoms with Crippen LogP contribution in [0.25, 0.3) is 0 Å². The van der Waals surface area contributed by atoms with Gasteiger partial charge in [0, 0.05) is 6.04 Å². The minimum absolute atomic E-state index is 0.422. The molecular formula is C8H12NO. The fraction of sp³-hybridized carbons (Fsp3) is 0.375. The van der Waals surface area contributed by atoms with Gasteiger partial charge in [0.05, 0.1) is 6.26 Å². The standard InChI is InChI=1S/C8H12NO/c1-7(2)9-8-5-3-4-6-10-8/h3-7,9H,1-2H3. The molecule has 55 valence electrons. The van der Waals surface area contributed by atoms with E-state index in [9.17, 15) is 0 Å². The zero-order valence-electron chi connectivity index (χ0n) is 6.29. The molecule has 0 aromatic rings. The van der Waals surface area contributed by atoms with Crippen molar-refractivity contribution in [3.05, 3.63) is 30.7 Å². The van der Waals surface area contributed by atoms with Gasteiger partial charge in [-0.25, -0.2) is 0 Å². The minimum atomic E-state index is 0.422. The Labute approximate surface area is 61.6 Å². The van der Waals surface area contributed by atoms with Crippen molar-refractivity contribution in [2.75, 3.05) is 0 Å². The SMILES string of the molecule is CC(C)N[C]1C=CC=CO1. The first kappa shape index (κ1) is 7.35. The van der Waals surface area contributed by atoms with Crippen LogP contribution in [0, 0.1) is 6.23 Å². The fourth-order valence-electron chi connectivity index (χ4n) is 0.707. The van der Waals surface area contributed by atoms with E-state index in [1.165, 1.54) is 0 Å². The molecule has 1 heterocycles. The summed E-state index contributed by atoms with van der Waals surface area (Å²) in [6, 6.07) is 0.422. The van der Waals surface area contributed by atoms with Gasteiger partial charge in [-0.2, -0.15) is 0 Å². The molecule has 0 fully saturated rings. The van der Waals surface area contributed by atoms with Gasteiger partial charge in [0.25, 0.3) is 0 Å². The third kappa shape index (κ3) is 2.23. The fourth-order valence-corrected chi connectivity index (χ4v) is 0.707. The predicted octanol–water partition coefficient (Wildman–Crippen LogP) is 1.57. The molecule has 0 atom stereocenters. The molecule has 0 aromatic heterocycles. The number of rotatable bonds is 2. The van der Waals surface area contributed by atoms with Crippen LogP contribution in [0.3, 0.4) is 0 Å². The third-order valence-electron chi connectivity index (χ3n) is 1.06. The molecule has 0 unspecified atom stereocenters. The third-order valence-corrected chi connectivity index (χ3v) is 1.06. The summed E-state index contributed by atoms with van der Waals surface area (Å²) in [5, 5.41) is 3.14. The number of hydrogen-bond donors (Lipinski definition) is 1. The van der Waals surface area contributed by atoms with E-state index in [1.807, 2.05) is 18.2 Å². The molecule has 1 radical (unpaired) electrons. The quantitative estimate of drug-likeness (QED) is 0.625. The average molecular weight is 138 g/mol. The van der Waals surface area contributed by atoms with Crippen LogP contribution in [0.1, 0.15) is 13.8 Å². The van der Waals surface area contributed by atoms with Crippen molar-refractivity contribution < 1.29 is 4.74 Å². The van der Waals surface area contributed by atoms with E-state index in [2.05, 4.69) is 19.2 Å². The molecule has 0 saturated heterocycles. The predicted molar refractivity (Wildman–Crippen MR) is 40.9 cm³/mol. The summed E-state index contributed by atoms with van der Waals surface area (Å²) >= 11 is 0. The van der Waals surface area contributed by atoms with Crippen LogP contribution in [-0.2, 0) is 4.74 Å². The molecule has 10 heavy (non-hydrogen) atoms. The zero-order valence-corrected chi connectivity index (χ0v) is 6.29. The van der Waals surface area contributed by atoms with Crippen LogP contribution in [0.5, 0.6) is 0 Å². The molecule has 0 saturated carbocycles. The van der Waals surface area contributed by atoms with Crippen molar-refractivity contribution >= 4 is 0 Å². The van der Waals surface area contributed by atoms with Crippen molar-refractivity contribution in [1.29, 1.82) is 0 Å². The lowest BCUT2D eigenvalue weighted by atomic mass is 10.3. The zero-order chi connectivity index (χ0) is 7.40. The Morgan fingerprint density at radius 1 is 1.40 bits per heavy atom. The molecule has 1 N–H and O–H groups in total. The highest BCUT2D eigenvalue weighted by Crippen LogP contribution is 2.06. The van der Waals surface area contributed by atoms with Gasteiger partial charge in [0.15, 0.2) is 0 Å². The summed E-state index contributed by atoms with van der Waals surface area (Å²) in [6.45, 7) is 4.14. The van der Waals surface area contributed by atoms with Gasteiger partial charge < -0.3 is 4.74 Å². The highest BCUT2D eigenvalue weighted by Gasteiger charge is 2.07. The molecule has 0 bridgehead atoms. The van der Waals surface area contributed by atoms with Gasteiger partial charge in [-0.1, -0.05) is 6.08 Å². The van der Waals surface area contributed by atoms with E-state index in [4.69, 9.17) is 4.74 Å². The highest BCUT2D eigenvalue weighted by molar-refractivity contribution is 5.14. The minimum Gasteiger partial charge on any atom is -0.471 e. The second kappa shape index (κ2) is 3.42. The first-order valence-corrected chi connectivity index (χ1v) is 3.42. The number of nitrogens with one attached hydrogen (secondary N) is 1. The van der Waals surface area contributed by atoms with Gasteiger partial charge in [-0.3, -0.25) is 5.32 Å². The van der Waals surface area contributed by atoms with Crippen molar-refractivity contribution in [1.82, 2.24) is 5.32 Å². The van der Waals surface area contributed by atoms with Crippen LogP contribution in [0.4, 0.5) is 0 Å². The van der Waals surface area contributed by atoms with E-state index < -0.39 is 0 Å². The molecule has 1 aliphatic rings. The van der Waals surface area contributed by atoms with Crippen molar-refractivity contribution in [3.8, 4) is 0 Å². The second-order valence-electron chi connectivity index (χ2n) is 2.47. The van der Waals surface area contributed by atoms with Gasteiger partial charge in [-0.05, 0) is 26.0 Å². The summed E-state index contributed by atoms with van der Waals surface area (Å²) in [4.78, 5) is 0. The lowest BCUT2D eigenvalue weighted by molar-refractivity contribution is 0.238. The topological polar surface area (TPSA) is 21.3 Å². The largest absolute Gasteiger partial charge is 0.471 e. The normalized spacial score (nSPS) is 17.9. The molecule has 1 rings (SSSR count). The van der Waals surface area contributed by atoms with Gasteiger partial charge >= 0.3 is 0 Å². The Morgan fingerprint density at radius 3 is 2.70 bits per heavy atom. The van der Waals surface area contributed by atoms with Crippen LogP contribution in [0.15, 0.2) is 24.5 Å². The van der Waals surface area contributed by atoms with Crippen molar-refractivity contribution in [2.45, 2.75) is 19.9 Å². The molecule has 0 aliphatic carbocycles. The summed E-state index contributed by atoms with van der Waals surface area (Å²) in [5.41, 5.74) is 0. The molecule has 2 heteroatoms. The summed E-state index contributed by atoms with van der Waals surface area (Å²) < 4.78 is 5.13. The lowest BCUT2D eigenvalue weighted by Crippen LogP contribution is -2.28. The van der Waals surface area contributed by atoms with Gasteiger partial charge in [0.2, 0.25) is 6.23 Å². The monoisotopic (exact) mass is 138 g/mol. The first-order chi connectivity index (χ1) is 4.79. The molecule has 0 spiro atoms. The molecule has 0 aromatic carbocycles. The van der Waals surface area contributed by atoms with Crippen LogP contribution in [0.2, 0.25) is 0 Å². The molecule has 1 aliphatic heterocycles. The van der Waals surface area contributed by atoms with Crippen LogP contribution >= 0.6 is 0 Å². The Bertz CT molecular complexity index is 149. The Morgan fingerprint density at radius 2 is 2.20 bits per heavy atom. The molecular weight excluding hydrogens is 126 g/mol. The smallest absolute Gasteiger partial charge is 0.237 e. The maximum atomic E-state index is 5.13. The van der Waals surface area contributed by atoms with Crippen molar-refractivity contribution in [3.63, 3.8) is 0 Å². The summed E-state index contributed by atoms with van der Waals surface area (Å²) in [6.07, 6.45) is 8.17. The van der Waals surface area contributed by atoms with E-state index in [0.717, 1.165) is 6.23 Å². The second-order valence-corrected chi connectivity index (χ2v) is 2.47. The number of hydrogen-bond acceptors (Lipinski definition) is 2. The average Bonchev–Trinajstić information content (AvgIpc) is 1.88. The van der Waals surface area contributed by atoms with E-state index >= 15 is 0 Å². The van der Waals surface area contributed by atoms with Crippen molar-refractivity contribution in [2.24, 2.45) is 0 Å². The Balaban J connectivity index is 2.30. The van der Waals surface area contributed by atoms with E-state index in [-0.39, 0.29) is 0 Å². The maximum absolute atomic E-state index is 5.13. The Kier molecular flexibility index (Phi) is 2.51.